The highest BCUT2D eigenvalue weighted by Crippen LogP contribution is 2.21. The highest BCUT2D eigenvalue weighted by molar-refractivity contribution is 9.10. The second-order valence-electron chi connectivity index (χ2n) is 5.08. The summed E-state index contributed by atoms with van der Waals surface area (Å²) in [5.41, 5.74) is 2.61. The average Bonchev–Trinajstić information content (AvgIpc) is 2.47. The molecule has 2 unspecified atom stereocenters. The lowest BCUT2D eigenvalue weighted by molar-refractivity contribution is 0.0992. The minimum Gasteiger partial charge on any atom is -0.293 e. The number of rotatable bonds is 4. The van der Waals surface area contributed by atoms with E-state index in [1.165, 1.54) is 0 Å². The Kier molecular flexibility index (Phi) is 5.12. The van der Waals surface area contributed by atoms with Crippen LogP contribution < -0.4 is 0 Å². The molecule has 0 spiro atoms. The minimum atomic E-state index is -1.36. The third kappa shape index (κ3) is 3.69. The molecular weight excluding hydrogens is 348 g/mol. The smallest absolute Gasteiger partial charge is 0.178 e. The van der Waals surface area contributed by atoms with Gasteiger partial charge < -0.3 is 0 Å². The van der Waals surface area contributed by atoms with E-state index in [1.54, 1.807) is 19.1 Å². The van der Waals surface area contributed by atoms with Gasteiger partial charge in [0.1, 0.15) is 0 Å². The van der Waals surface area contributed by atoms with Crippen molar-refractivity contribution in [2.75, 3.05) is 0 Å². The van der Waals surface area contributed by atoms with Crippen molar-refractivity contribution >= 4 is 32.5 Å². The van der Waals surface area contributed by atoms with Crippen LogP contribution in [0.25, 0.3) is 0 Å². The summed E-state index contributed by atoms with van der Waals surface area (Å²) in [6.07, 6.45) is 0. The van der Waals surface area contributed by atoms with Gasteiger partial charge in [-0.15, -0.1) is 0 Å². The maximum Gasteiger partial charge on any atom is 0.178 e. The highest BCUT2D eigenvalue weighted by atomic mass is 79.9. The van der Waals surface area contributed by atoms with E-state index in [0.29, 0.717) is 10.5 Å². The highest BCUT2D eigenvalue weighted by Gasteiger charge is 2.24. The molecule has 0 N–H and O–H groups in total. The summed E-state index contributed by atoms with van der Waals surface area (Å²) >= 11 is 3.36. The summed E-state index contributed by atoms with van der Waals surface area (Å²) in [6.45, 7) is 5.58. The molecular formula is C17H17BrO2S. The summed E-state index contributed by atoms with van der Waals surface area (Å²) in [7, 11) is -1.36. The molecule has 0 saturated heterocycles. The summed E-state index contributed by atoms with van der Waals surface area (Å²) in [5, 5.41) is -0.570. The molecule has 0 aromatic heterocycles. The number of carbonyl (C=O) groups is 1. The Labute approximate surface area is 136 Å². The molecule has 2 nitrogen and oxygen atoms in total. The quantitative estimate of drug-likeness (QED) is 0.751. The van der Waals surface area contributed by atoms with Gasteiger partial charge in [0, 0.05) is 14.9 Å². The first-order valence-electron chi connectivity index (χ1n) is 6.68. The van der Waals surface area contributed by atoms with Gasteiger partial charge in [-0.1, -0.05) is 39.7 Å². The average molecular weight is 365 g/mol. The molecule has 21 heavy (non-hydrogen) atoms. The Bertz CT molecular complexity index is 710. The van der Waals surface area contributed by atoms with Gasteiger partial charge in [-0.25, -0.2) is 0 Å². The van der Waals surface area contributed by atoms with Crippen LogP contribution in [0.3, 0.4) is 0 Å². The summed E-state index contributed by atoms with van der Waals surface area (Å²) in [5.74, 6) is -0.0745. The molecule has 2 rings (SSSR count). The summed E-state index contributed by atoms with van der Waals surface area (Å²) < 4.78 is 13.4. The van der Waals surface area contributed by atoms with E-state index >= 15 is 0 Å². The van der Waals surface area contributed by atoms with E-state index in [0.717, 1.165) is 15.6 Å². The van der Waals surface area contributed by atoms with Crippen molar-refractivity contribution in [2.45, 2.75) is 30.9 Å². The molecule has 0 amide bonds. The molecule has 110 valence electrons. The van der Waals surface area contributed by atoms with Crippen LogP contribution in [0, 0.1) is 13.8 Å². The number of benzene rings is 2. The molecule has 0 aliphatic rings. The maximum absolute atomic E-state index is 12.6. The molecule has 0 heterocycles. The van der Waals surface area contributed by atoms with Crippen LogP contribution in [-0.4, -0.2) is 15.2 Å². The second kappa shape index (κ2) is 6.67. The van der Waals surface area contributed by atoms with E-state index in [4.69, 9.17) is 0 Å². The second-order valence-corrected chi connectivity index (χ2v) is 7.77. The van der Waals surface area contributed by atoms with Gasteiger partial charge in [0.15, 0.2) is 5.78 Å². The first-order chi connectivity index (χ1) is 9.90. The lowest BCUT2D eigenvalue weighted by Gasteiger charge is -2.13. The molecule has 2 atom stereocenters. The molecule has 0 fully saturated rings. The topological polar surface area (TPSA) is 34.1 Å². The summed E-state index contributed by atoms with van der Waals surface area (Å²) in [6, 6.07) is 13.0. The van der Waals surface area contributed by atoms with E-state index in [2.05, 4.69) is 15.9 Å². The van der Waals surface area contributed by atoms with Crippen LogP contribution in [0.1, 0.15) is 28.4 Å². The van der Waals surface area contributed by atoms with Crippen molar-refractivity contribution in [3.63, 3.8) is 0 Å². The largest absolute Gasteiger partial charge is 0.293 e. The first kappa shape index (κ1) is 16.1. The van der Waals surface area contributed by atoms with Gasteiger partial charge in [-0.2, -0.15) is 0 Å². The van der Waals surface area contributed by atoms with Gasteiger partial charge in [0.05, 0.1) is 16.0 Å². The molecule has 2 aromatic carbocycles. The van der Waals surface area contributed by atoms with Crippen molar-refractivity contribution in [3.8, 4) is 0 Å². The zero-order chi connectivity index (χ0) is 15.6. The molecule has 0 bridgehead atoms. The van der Waals surface area contributed by atoms with Crippen molar-refractivity contribution in [1.29, 1.82) is 0 Å². The zero-order valence-electron chi connectivity index (χ0n) is 12.2. The number of halogens is 1. The van der Waals surface area contributed by atoms with Crippen LogP contribution in [0.2, 0.25) is 0 Å². The van der Waals surface area contributed by atoms with Gasteiger partial charge in [-0.3, -0.25) is 9.00 Å². The normalized spacial score (nSPS) is 13.7. The SMILES string of the molecule is Cc1ccc(C)c(C(=O)C(C)S(=O)c2cccc(Br)c2)c1. The number of aryl methyl sites for hydroxylation is 2. The lowest BCUT2D eigenvalue weighted by atomic mass is 10.0. The minimum absolute atomic E-state index is 0.0745. The van der Waals surface area contributed by atoms with Crippen LogP contribution in [0.4, 0.5) is 0 Å². The Morgan fingerprint density at radius 3 is 2.52 bits per heavy atom. The van der Waals surface area contributed by atoms with Crippen molar-refractivity contribution in [1.82, 2.24) is 0 Å². The molecule has 0 saturated carbocycles. The fraction of sp³-hybridized carbons (Fsp3) is 0.235. The van der Waals surface area contributed by atoms with Crippen molar-refractivity contribution in [3.05, 3.63) is 63.6 Å². The standard InChI is InChI=1S/C17H17BrO2S/c1-11-7-8-12(2)16(9-11)17(19)13(3)21(20)15-6-4-5-14(18)10-15/h4-10,13H,1-3H3. The maximum atomic E-state index is 12.6. The van der Waals surface area contributed by atoms with Crippen LogP contribution in [0.5, 0.6) is 0 Å². The number of Topliss-reactive ketones (excluding diaryl/α,β-unsaturated/α-hetero) is 1. The Morgan fingerprint density at radius 2 is 1.86 bits per heavy atom. The number of hydrogen-bond acceptors (Lipinski definition) is 2. The number of carbonyl (C=O) groups excluding carboxylic acids is 1. The first-order valence-corrected chi connectivity index (χ1v) is 8.68. The van der Waals surface area contributed by atoms with E-state index in [1.807, 2.05) is 44.2 Å². The predicted molar refractivity (Wildman–Crippen MR) is 90.3 cm³/mol. The Balaban J connectivity index is 2.31. The van der Waals surface area contributed by atoms with E-state index in [9.17, 15) is 9.00 Å². The fourth-order valence-electron chi connectivity index (χ4n) is 2.11. The van der Waals surface area contributed by atoms with E-state index in [-0.39, 0.29) is 5.78 Å². The molecule has 2 aromatic rings. The molecule has 0 aliphatic heterocycles. The predicted octanol–water partition coefficient (Wildman–Crippen LogP) is 4.44. The van der Waals surface area contributed by atoms with Crippen LogP contribution in [-0.2, 0) is 10.8 Å². The fourth-order valence-corrected chi connectivity index (χ4v) is 3.85. The number of hydrogen-bond donors (Lipinski definition) is 0. The molecule has 4 heteroatoms. The summed E-state index contributed by atoms with van der Waals surface area (Å²) in [4.78, 5) is 13.3. The van der Waals surface area contributed by atoms with E-state index < -0.39 is 16.0 Å². The Hall–Kier alpha value is -1.26. The third-order valence-electron chi connectivity index (χ3n) is 3.38. The van der Waals surface area contributed by atoms with Gasteiger partial charge in [0.2, 0.25) is 0 Å². The van der Waals surface area contributed by atoms with Crippen molar-refractivity contribution in [2.24, 2.45) is 0 Å². The third-order valence-corrected chi connectivity index (χ3v) is 5.45. The van der Waals surface area contributed by atoms with Crippen molar-refractivity contribution < 1.29 is 9.00 Å². The van der Waals surface area contributed by atoms with Crippen LogP contribution >= 0.6 is 15.9 Å². The van der Waals surface area contributed by atoms with Crippen LogP contribution in [0.15, 0.2) is 51.8 Å². The zero-order valence-corrected chi connectivity index (χ0v) is 14.6. The van der Waals surface area contributed by atoms with Gasteiger partial charge in [0.25, 0.3) is 0 Å². The molecule has 0 radical (unpaired) electrons. The number of ketones is 1. The Morgan fingerprint density at radius 1 is 1.14 bits per heavy atom. The van der Waals surface area contributed by atoms with Gasteiger partial charge >= 0.3 is 0 Å². The lowest BCUT2D eigenvalue weighted by Crippen LogP contribution is -2.23. The monoisotopic (exact) mass is 364 g/mol. The van der Waals surface area contributed by atoms with Gasteiger partial charge in [-0.05, 0) is 50.6 Å². The molecule has 0 aliphatic carbocycles.